The molecule has 1 aliphatic heterocycles. The molecular formula is C13H17N3O2. The summed E-state index contributed by atoms with van der Waals surface area (Å²) in [5.74, 6) is -0.226. The largest absolute Gasteiger partial charge is 0.373 e. The minimum absolute atomic E-state index is 0.0604. The first-order valence-electron chi connectivity index (χ1n) is 5.92. The van der Waals surface area contributed by atoms with Crippen LogP contribution >= 0.6 is 0 Å². The van der Waals surface area contributed by atoms with Gasteiger partial charge in [-0.05, 0) is 11.6 Å². The molecule has 0 aromatic heterocycles. The highest BCUT2D eigenvalue weighted by atomic mass is 16.2. The first-order chi connectivity index (χ1) is 8.61. The van der Waals surface area contributed by atoms with Gasteiger partial charge in [-0.15, -0.1) is 0 Å². The number of nitrogens with one attached hydrogen (secondary N) is 2. The second-order valence-corrected chi connectivity index (χ2v) is 4.43. The van der Waals surface area contributed by atoms with Crippen molar-refractivity contribution in [2.24, 2.45) is 0 Å². The van der Waals surface area contributed by atoms with Gasteiger partial charge in [0.1, 0.15) is 6.04 Å². The van der Waals surface area contributed by atoms with E-state index in [9.17, 15) is 9.59 Å². The van der Waals surface area contributed by atoms with E-state index < -0.39 is 0 Å². The van der Waals surface area contributed by atoms with E-state index in [1.807, 2.05) is 24.3 Å². The van der Waals surface area contributed by atoms with Crippen molar-refractivity contribution >= 4 is 17.5 Å². The average Bonchev–Trinajstić information content (AvgIpc) is 2.81. The smallest absolute Gasteiger partial charge is 0.245 e. The number of hydrogen-bond donors (Lipinski definition) is 2. The summed E-state index contributed by atoms with van der Waals surface area (Å²) in [6, 6.07) is 7.60. The molecule has 0 bridgehead atoms. The van der Waals surface area contributed by atoms with Crippen LogP contribution in [0, 0.1) is 0 Å². The molecule has 18 heavy (non-hydrogen) atoms. The molecule has 1 aromatic carbocycles. The van der Waals surface area contributed by atoms with Crippen LogP contribution in [0.1, 0.15) is 5.56 Å². The Kier molecular flexibility index (Phi) is 3.50. The zero-order valence-electron chi connectivity index (χ0n) is 10.6. The van der Waals surface area contributed by atoms with Crippen molar-refractivity contribution in [3.63, 3.8) is 0 Å². The van der Waals surface area contributed by atoms with Crippen LogP contribution in [0.3, 0.4) is 0 Å². The van der Waals surface area contributed by atoms with E-state index in [-0.39, 0.29) is 24.4 Å². The van der Waals surface area contributed by atoms with Gasteiger partial charge in [0.2, 0.25) is 11.8 Å². The number of carbonyl (C=O) groups excluding carboxylic acids is 2. The number of anilines is 1. The molecule has 0 fully saturated rings. The number of para-hydroxylation sites is 1. The van der Waals surface area contributed by atoms with Crippen molar-refractivity contribution in [3.8, 4) is 0 Å². The Morgan fingerprint density at radius 1 is 1.44 bits per heavy atom. The molecule has 5 nitrogen and oxygen atoms in total. The van der Waals surface area contributed by atoms with Gasteiger partial charge in [0, 0.05) is 26.2 Å². The van der Waals surface area contributed by atoms with Crippen LogP contribution in [0.4, 0.5) is 5.69 Å². The maximum Gasteiger partial charge on any atom is 0.245 e. The summed E-state index contributed by atoms with van der Waals surface area (Å²) in [6.07, 6.45) is 0.674. The van der Waals surface area contributed by atoms with Gasteiger partial charge in [-0.1, -0.05) is 18.2 Å². The van der Waals surface area contributed by atoms with Crippen molar-refractivity contribution < 1.29 is 9.59 Å². The van der Waals surface area contributed by atoms with E-state index in [0.717, 1.165) is 11.3 Å². The zero-order chi connectivity index (χ0) is 13.1. The summed E-state index contributed by atoms with van der Waals surface area (Å²) >= 11 is 0. The maximum atomic E-state index is 12.1. The third-order valence-corrected chi connectivity index (χ3v) is 3.11. The van der Waals surface area contributed by atoms with Gasteiger partial charge in [-0.25, -0.2) is 0 Å². The monoisotopic (exact) mass is 247 g/mol. The molecule has 1 aromatic rings. The Balaban J connectivity index is 1.98. The molecule has 2 rings (SSSR count). The zero-order valence-corrected chi connectivity index (χ0v) is 10.6. The molecule has 1 aliphatic rings. The first-order valence-corrected chi connectivity index (χ1v) is 5.92. The first kappa shape index (κ1) is 12.4. The molecule has 96 valence electrons. The predicted molar refractivity (Wildman–Crippen MR) is 69.3 cm³/mol. The van der Waals surface area contributed by atoms with Crippen molar-refractivity contribution in [2.75, 3.05) is 26.0 Å². The Morgan fingerprint density at radius 3 is 2.83 bits per heavy atom. The van der Waals surface area contributed by atoms with E-state index in [2.05, 4.69) is 10.6 Å². The molecule has 0 saturated heterocycles. The molecule has 0 saturated carbocycles. The summed E-state index contributed by atoms with van der Waals surface area (Å²) in [6.45, 7) is 0.0872. The third kappa shape index (κ3) is 2.45. The van der Waals surface area contributed by atoms with Gasteiger partial charge in [0.25, 0.3) is 0 Å². The number of nitrogens with zero attached hydrogens (tertiary/aromatic N) is 1. The molecule has 1 unspecified atom stereocenters. The fraction of sp³-hybridized carbons (Fsp3) is 0.385. The van der Waals surface area contributed by atoms with Crippen molar-refractivity contribution in [1.82, 2.24) is 10.2 Å². The Labute approximate surface area is 106 Å². The molecule has 0 aliphatic carbocycles. The fourth-order valence-corrected chi connectivity index (χ4v) is 2.09. The molecule has 1 atom stereocenters. The summed E-state index contributed by atoms with van der Waals surface area (Å²) in [4.78, 5) is 24.8. The van der Waals surface area contributed by atoms with Crippen LogP contribution in [0.15, 0.2) is 24.3 Å². The summed E-state index contributed by atoms with van der Waals surface area (Å²) < 4.78 is 0. The minimum Gasteiger partial charge on any atom is -0.373 e. The SMILES string of the molecule is CNC(=O)CN(C)C(=O)C1Cc2ccccc2N1. The quantitative estimate of drug-likeness (QED) is 0.803. The summed E-state index contributed by atoms with van der Waals surface area (Å²) in [7, 11) is 3.20. The fourth-order valence-electron chi connectivity index (χ4n) is 2.09. The van der Waals surface area contributed by atoms with Crippen LogP contribution in [-0.2, 0) is 16.0 Å². The van der Waals surface area contributed by atoms with Gasteiger partial charge >= 0.3 is 0 Å². The lowest BCUT2D eigenvalue weighted by Gasteiger charge is -2.20. The normalized spacial score (nSPS) is 16.7. The van der Waals surface area contributed by atoms with Gasteiger partial charge < -0.3 is 15.5 Å². The molecule has 0 radical (unpaired) electrons. The van der Waals surface area contributed by atoms with Gasteiger partial charge in [0.15, 0.2) is 0 Å². The van der Waals surface area contributed by atoms with Crippen molar-refractivity contribution in [3.05, 3.63) is 29.8 Å². The lowest BCUT2D eigenvalue weighted by Crippen LogP contribution is -2.44. The molecule has 1 heterocycles. The Morgan fingerprint density at radius 2 is 2.17 bits per heavy atom. The van der Waals surface area contributed by atoms with Crippen LogP contribution in [0.5, 0.6) is 0 Å². The van der Waals surface area contributed by atoms with Gasteiger partial charge in [0.05, 0.1) is 6.54 Å². The highest BCUT2D eigenvalue weighted by Crippen LogP contribution is 2.25. The van der Waals surface area contributed by atoms with E-state index in [1.54, 1.807) is 14.1 Å². The molecule has 0 spiro atoms. The predicted octanol–water partition coefficient (Wildman–Crippen LogP) is 0.228. The molecule has 2 amide bonds. The van der Waals surface area contributed by atoms with E-state index in [0.29, 0.717) is 6.42 Å². The van der Waals surface area contributed by atoms with Gasteiger partial charge in [-0.3, -0.25) is 9.59 Å². The lowest BCUT2D eigenvalue weighted by atomic mass is 10.1. The van der Waals surface area contributed by atoms with Crippen LogP contribution < -0.4 is 10.6 Å². The summed E-state index contributed by atoms with van der Waals surface area (Å²) in [5, 5.41) is 5.69. The maximum absolute atomic E-state index is 12.1. The number of rotatable bonds is 3. The van der Waals surface area contributed by atoms with E-state index in [4.69, 9.17) is 0 Å². The van der Waals surface area contributed by atoms with Crippen LogP contribution in [-0.4, -0.2) is 43.4 Å². The van der Waals surface area contributed by atoms with E-state index >= 15 is 0 Å². The third-order valence-electron chi connectivity index (χ3n) is 3.11. The summed E-state index contributed by atoms with van der Waals surface area (Å²) in [5.41, 5.74) is 2.15. The second-order valence-electron chi connectivity index (χ2n) is 4.43. The minimum atomic E-state index is -0.267. The molecular weight excluding hydrogens is 230 g/mol. The standard InChI is InChI=1S/C13H17N3O2/c1-14-12(17)8-16(2)13(18)11-7-9-5-3-4-6-10(9)15-11/h3-6,11,15H,7-8H2,1-2H3,(H,14,17). The lowest BCUT2D eigenvalue weighted by molar-refractivity contribution is -0.135. The highest BCUT2D eigenvalue weighted by molar-refractivity contribution is 5.90. The molecule has 2 N–H and O–H groups in total. The number of fused-ring (bicyclic) bond motifs is 1. The highest BCUT2D eigenvalue weighted by Gasteiger charge is 2.28. The van der Waals surface area contributed by atoms with Crippen LogP contribution in [0.25, 0.3) is 0 Å². The number of amides is 2. The van der Waals surface area contributed by atoms with Crippen molar-refractivity contribution in [2.45, 2.75) is 12.5 Å². The number of carbonyl (C=O) groups is 2. The van der Waals surface area contributed by atoms with Crippen LogP contribution in [0.2, 0.25) is 0 Å². The van der Waals surface area contributed by atoms with E-state index in [1.165, 1.54) is 4.90 Å². The Bertz CT molecular complexity index is 448. The topological polar surface area (TPSA) is 61.4 Å². The number of benzene rings is 1. The Hall–Kier alpha value is -2.04. The second kappa shape index (κ2) is 5.08. The van der Waals surface area contributed by atoms with Crippen molar-refractivity contribution in [1.29, 1.82) is 0 Å². The van der Waals surface area contributed by atoms with Gasteiger partial charge in [-0.2, -0.15) is 0 Å². The average molecular weight is 247 g/mol. The number of likely N-dealkylation sites (N-methyl/N-ethyl adjacent to an activating group) is 2. The molecule has 5 heteroatoms. The number of hydrogen-bond acceptors (Lipinski definition) is 3.